The van der Waals surface area contributed by atoms with Crippen LogP contribution in [0.25, 0.3) is 10.4 Å². The minimum absolute atomic E-state index is 0.687. The molecule has 9 nitrogen and oxygen atoms in total. The van der Waals surface area contributed by atoms with Crippen LogP contribution in [-0.4, -0.2) is 25.3 Å². The monoisotopic (exact) mass is 352 g/mol. The molecular weight excluding hydrogens is 345 g/mol. The summed E-state index contributed by atoms with van der Waals surface area (Å²) in [4.78, 5) is 12.9. The molecule has 1 atom stereocenters. The normalized spacial score (nSPS) is 13.2. The Kier molecular flexibility index (Phi) is 5.25. The molecule has 0 saturated carbocycles. The number of nitrogens with one attached hydrogen (secondary N) is 1. The maximum atomic E-state index is 13.7. The molecule has 108 valence electrons. The second-order valence-electron chi connectivity index (χ2n) is 3.25. The van der Waals surface area contributed by atoms with E-state index < -0.39 is 41.8 Å². The molecule has 0 aliphatic carbocycles. The van der Waals surface area contributed by atoms with Crippen LogP contribution in [0.3, 0.4) is 0 Å². The Labute approximate surface area is 113 Å². The van der Waals surface area contributed by atoms with Gasteiger partial charge in [0.2, 0.25) is 0 Å². The van der Waals surface area contributed by atoms with E-state index in [0.29, 0.717) is 0 Å². The van der Waals surface area contributed by atoms with Gasteiger partial charge in [-0.2, -0.15) is 0 Å². The second-order valence-corrected chi connectivity index (χ2v) is 7.07. The molecule has 1 unspecified atom stereocenters. The first-order chi connectivity index (χ1) is 9.35. The third-order valence-corrected chi connectivity index (χ3v) is 5.02. The molecule has 1 aromatic carbocycles. The minimum atomic E-state index is -5.45. The van der Waals surface area contributed by atoms with Gasteiger partial charge in [-0.05, 0) is 0 Å². The zero-order valence-corrected chi connectivity index (χ0v) is 11.7. The number of halogens is 2. The zero-order valence-electron chi connectivity index (χ0n) is 9.78. The van der Waals surface area contributed by atoms with Crippen molar-refractivity contribution in [2.45, 2.75) is 6.92 Å². The molecule has 0 aromatic heterocycles. The fourth-order valence-electron chi connectivity index (χ4n) is 1.10. The average Bonchev–Trinajstić information content (AvgIpc) is 2.41. The number of hydroxylamine groups is 1. The van der Waals surface area contributed by atoms with E-state index in [0.717, 1.165) is 19.1 Å². The fraction of sp³-hybridized carbons (Fsp3) is 0.125. The zero-order chi connectivity index (χ0) is 15.3. The van der Waals surface area contributed by atoms with Crippen molar-refractivity contribution >= 4 is 30.1 Å². The SMILES string of the molecule is CC(=O)NO[As](=O)(OO)c1ccc(N=[N+]=[N-])c(F)c1F. The van der Waals surface area contributed by atoms with E-state index in [9.17, 15) is 17.3 Å². The number of carbonyl (C=O) groups is 1. The van der Waals surface area contributed by atoms with Crippen LogP contribution in [0.1, 0.15) is 6.92 Å². The summed E-state index contributed by atoms with van der Waals surface area (Å²) in [6, 6.07) is 1.54. The number of amides is 1. The van der Waals surface area contributed by atoms with Crippen molar-refractivity contribution in [3.05, 3.63) is 34.2 Å². The second kappa shape index (κ2) is 6.51. The third-order valence-electron chi connectivity index (χ3n) is 1.91. The Hall–Kier alpha value is -1.90. The van der Waals surface area contributed by atoms with E-state index in [1.54, 1.807) is 5.48 Å². The van der Waals surface area contributed by atoms with Crippen LogP contribution in [-0.2, 0) is 16.2 Å². The van der Waals surface area contributed by atoms with Gasteiger partial charge in [0.05, 0.1) is 0 Å². The summed E-state index contributed by atoms with van der Waals surface area (Å²) in [7, 11) is 0. The van der Waals surface area contributed by atoms with Crippen molar-refractivity contribution < 1.29 is 30.3 Å². The maximum absolute atomic E-state index is 13.7. The molecule has 1 aromatic rings. The predicted octanol–water partition coefficient (Wildman–Crippen LogP) is 1.04. The molecule has 0 aliphatic rings. The van der Waals surface area contributed by atoms with Crippen molar-refractivity contribution in [1.29, 1.82) is 0 Å². The van der Waals surface area contributed by atoms with Crippen molar-refractivity contribution in [3.63, 3.8) is 0 Å². The number of benzene rings is 1. The first-order valence-corrected chi connectivity index (χ1v) is 8.01. The molecule has 0 heterocycles. The average molecular weight is 352 g/mol. The summed E-state index contributed by atoms with van der Waals surface area (Å²) in [6.07, 6.45) is 0. The molecular formula is C8H7AsF2N4O5. The summed E-state index contributed by atoms with van der Waals surface area (Å²) in [5, 5.41) is 11.4. The van der Waals surface area contributed by atoms with Crippen LogP contribution in [0, 0.1) is 11.6 Å². The van der Waals surface area contributed by atoms with Gasteiger partial charge in [-0.25, -0.2) is 0 Å². The first kappa shape index (κ1) is 16.2. The van der Waals surface area contributed by atoms with Crippen molar-refractivity contribution in [2.75, 3.05) is 0 Å². The van der Waals surface area contributed by atoms with Gasteiger partial charge in [0.15, 0.2) is 0 Å². The van der Waals surface area contributed by atoms with E-state index in [-0.39, 0.29) is 0 Å². The molecule has 20 heavy (non-hydrogen) atoms. The number of hydrogen-bond acceptors (Lipinski definition) is 6. The van der Waals surface area contributed by atoms with Crippen LogP contribution in [0.5, 0.6) is 0 Å². The molecule has 0 bridgehead atoms. The first-order valence-electron chi connectivity index (χ1n) is 4.77. The van der Waals surface area contributed by atoms with E-state index in [4.69, 9.17) is 10.8 Å². The van der Waals surface area contributed by atoms with Gasteiger partial charge in [0.25, 0.3) is 0 Å². The molecule has 1 amide bonds. The van der Waals surface area contributed by atoms with Gasteiger partial charge >= 0.3 is 112 Å². The van der Waals surface area contributed by atoms with E-state index in [1.807, 2.05) is 0 Å². The van der Waals surface area contributed by atoms with Crippen LogP contribution in [0.4, 0.5) is 14.5 Å². The van der Waals surface area contributed by atoms with Crippen molar-refractivity contribution in [2.24, 2.45) is 5.11 Å². The summed E-state index contributed by atoms with van der Waals surface area (Å²) in [6.45, 7) is 0.985. The third kappa shape index (κ3) is 3.35. The van der Waals surface area contributed by atoms with Gasteiger partial charge in [0, 0.05) is 0 Å². The Balaban J connectivity index is 3.30. The summed E-state index contributed by atoms with van der Waals surface area (Å²) in [5.74, 6) is -4.11. The molecule has 0 radical (unpaired) electrons. The number of hydrogen-bond donors (Lipinski definition) is 2. The Morgan fingerprint density at radius 3 is 2.65 bits per heavy atom. The van der Waals surface area contributed by atoms with Crippen LogP contribution in [0.15, 0.2) is 17.2 Å². The fourth-order valence-corrected chi connectivity index (χ4v) is 3.33. The summed E-state index contributed by atoms with van der Waals surface area (Å²) in [5.41, 5.74) is 9.04. The number of azide groups is 1. The van der Waals surface area contributed by atoms with Crippen LogP contribution in [0.2, 0.25) is 0 Å². The molecule has 12 heteroatoms. The molecule has 0 saturated heterocycles. The Bertz CT molecular complexity index is 634. The summed E-state index contributed by atoms with van der Waals surface area (Å²) >= 11 is -5.45. The van der Waals surface area contributed by atoms with Gasteiger partial charge < -0.3 is 0 Å². The summed E-state index contributed by atoms with van der Waals surface area (Å²) < 4.78 is 46.1. The molecule has 0 aliphatic heterocycles. The van der Waals surface area contributed by atoms with Crippen LogP contribution < -0.4 is 9.83 Å². The molecule has 0 spiro atoms. The number of rotatable bonds is 5. The van der Waals surface area contributed by atoms with Crippen molar-refractivity contribution in [1.82, 2.24) is 5.48 Å². The quantitative estimate of drug-likeness (QED) is 0.204. The molecule has 2 N–H and O–H groups in total. The molecule has 0 fully saturated rings. The molecule has 1 rings (SSSR count). The van der Waals surface area contributed by atoms with Gasteiger partial charge in [0.1, 0.15) is 0 Å². The Morgan fingerprint density at radius 2 is 2.15 bits per heavy atom. The van der Waals surface area contributed by atoms with Crippen LogP contribution >= 0.6 is 0 Å². The standard InChI is InChI=1S/C8H7AsF2N4O5/c1-4(16)14-19-9(17,20-18)5-2-3-6(13-15-12)8(11)7(5)10/h2-3,18H,1H3,(H,14,16). The van der Waals surface area contributed by atoms with E-state index >= 15 is 0 Å². The predicted molar refractivity (Wildman–Crippen MR) is 59.9 cm³/mol. The van der Waals surface area contributed by atoms with E-state index in [2.05, 4.69) is 17.7 Å². The van der Waals surface area contributed by atoms with Gasteiger partial charge in [-0.1, -0.05) is 0 Å². The van der Waals surface area contributed by atoms with Crippen molar-refractivity contribution in [3.8, 4) is 0 Å². The van der Waals surface area contributed by atoms with E-state index in [1.165, 1.54) is 0 Å². The Morgan fingerprint density at radius 1 is 1.50 bits per heavy atom. The number of nitrogens with zero attached hydrogens (tertiary/aromatic N) is 3. The van der Waals surface area contributed by atoms with Gasteiger partial charge in [-0.3, -0.25) is 0 Å². The van der Waals surface area contributed by atoms with Gasteiger partial charge in [-0.15, -0.1) is 0 Å². The number of carbonyl (C=O) groups excluding carboxylic acids is 1. The topological polar surface area (TPSA) is 134 Å².